The van der Waals surface area contributed by atoms with E-state index in [4.69, 9.17) is 11.6 Å². The summed E-state index contributed by atoms with van der Waals surface area (Å²) in [7, 11) is 0. The second kappa shape index (κ2) is 7.74. The number of benzene rings is 2. The number of halogens is 1. The van der Waals surface area contributed by atoms with Crippen molar-refractivity contribution in [3.05, 3.63) is 64.1 Å². The van der Waals surface area contributed by atoms with Crippen LogP contribution in [0.1, 0.15) is 34.8 Å². The Morgan fingerprint density at radius 1 is 1.23 bits per heavy atom. The van der Waals surface area contributed by atoms with Gasteiger partial charge in [-0.15, -0.1) is 11.3 Å². The van der Waals surface area contributed by atoms with E-state index in [1.807, 2.05) is 36.4 Å². The second-order valence-electron chi connectivity index (χ2n) is 6.53. The Kier molecular flexibility index (Phi) is 5.20. The summed E-state index contributed by atoms with van der Waals surface area (Å²) in [4.78, 5) is 19.3. The van der Waals surface area contributed by atoms with E-state index >= 15 is 0 Å². The number of amides is 1. The van der Waals surface area contributed by atoms with Gasteiger partial charge in [-0.3, -0.25) is 9.69 Å². The molecule has 0 radical (unpaired) electrons. The lowest BCUT2D eigenvalue weighted by Crippen LogP contribution is -2.37. The van der Waals surface area contributed by atoms with Crippen molar-refractivity contribution in [2.75, 3.05) is 19.6 Å². The molecule has 1 atom stereocenters. The first-order chi connectivity index (χ1) is 12.7. The van der Waals surface area contributed by atoms with Gasteiger partial charge in [0.05, 0.1) is 21.8 Å². The summed E-state index contributed by atoms with van der Waals surface area (Å²) >= 11 is 7.98. The first-order valence-electron chi connectivity index (χ1n) is 8.82. The molecule has 0 spiro atoms. The van der Waals surface area contributed by atoms with Gasteiger partial charge in [-0.1, -0.05) is 29.8 Å². The third-order valence-electron chi connectivity index (χ3n) is 4.90. The van der Waals surface area contributed by atoms with Crippen molar-refractivity contribution in [3.63, 3.8) is 0 Å². The fourth-order valence-electron chi connectivity index (χ4n) is 3.52. The maximum absolute atomic E-state index is 12.7. The van der Waals surface area contributed by atoms with Crippen LogP contribution in [0.25, 0.3) is 10.2 Å². The van der Waals surface area contributed by atoms with Crippen LogP contribution in [0.4, 0.5) is 0 Å². The van der Waals surface area contributed by atoms with E-state index in [0.29, 0.717) is 12.1 Å². The molecule has 1 fully saturated rings. The Bertz CT molecular complexity index is 920. The van der Waals surface area contributed by atoms with E-state index in [-0.39, 0.29) is 11.9 Å². The highest BCUT2D eigenvalue weighted by atomic mass is 35.5. The average molecular weight is 386 g/mol. The van der Waals surface area contributed by atoms with Crippen LogP contribution in [0.15, 0.2) is 48.0 Å². The fourth-order valence-corrected chi connectivity index (χ4v) is 4.50. The van der Waals surface area contributed by atoms with Gasteiger partial charge >= 0.3 is 0 Å². The number of thiazole rings is 1. The van der Waals surface area contributed by atoms with Crippen molar-refractivity contribution >= 4 is 39.1 Å². The molecule has 1 saturated heterocycles. The molecule has 1 aromatic heterocycles. The summed E-state index contributed by atoms with van der Waals surface area (Å²) in [6.45, 7) is 2.63. The maximum atomic E-state index is 12.7. The molecule has 1 amide bonds. The lowest BCUT2D eigenvalue weighted by Gasteiger charge is -2.29. The third-order valence-corrected chi connectivity index (χ3v) is 6.03. The number of fused-ring (bicyclic) bond motifs is 1. The second-order valence-corrected chi connectivity index (χ2v) is 7.82. The van der Waals surface area contributed by atoms with E-state index in [0.717, 1.165) is 33.9 Å². The number of hydrogen-bond acceptors (Lipinski definition) is 4. The third kappa shape index (κ3) is 3.61. The molecule has 134 valence electrons. The molecular formula is C20H20ClN3OS. The van der Waals surface area contributed by atoms with Gasteiger partial charge in [-0.2, -0.15) is 0 Å². The summed E-state index contributed by atoms with van der Waals surface area (Å²) in [6.07, 6.45) is 2.38. The number of carbonyl (C=O) groups excluding carboxylic acids is 1. The summed E-state index contributed by atoms with van der Waals surface area (Å²) in [6, 6.07) is 13.6. The van der Waals surface area contributed by atoms with Crippen LogP contribution in [0.5, 0.6) is 0 Å². The fraction of sp³-hybridized carbons (Fsp3) is 0.300. The molecule has 26 heavy (non-hydrogen) atoms. The Morgan fingerprint density at radius 3 is 2.85 bits per heavy atom. The first kappa shape index (κ1) is 17.5. The van der Waals surface area contributed by atoms with Crippen molar-refractivity contribution in [1.29, 1.82) is 0 Å². The monoisotopic (exact) mass is 385 g/mol. The predicted octanol–water partition coefficient (Wildman–Crippen LogP) is 4.52. The molecule has 4 nitrogen and oxygen atoms in total. The molecule has 2 heterocycles. The number of carbonyl (C=O) groups is 1. The minimum absolute atomic E-state index is 0.0587. The molecule has 0 saturated carbocycles. The largest absolute Gasteiger partial charge is 0.350 e. The Labute approximate surface area is 161 Å². The van der Waals surface area contributed by atoms with E-state index in [1.165, 1.54) is 12.8 Å². The normalized spacial score (nSPS) is 16.0. The standard InChI is InChI=1S/C20H20ClN3OS/c21-16-6-2-1-5-15(16)18(24-9-3-4-10-24)12-22-20(25)14-7-8-17-19(11-14)26-13-23-17/h1-2,5-8,11,13,18H,3-4,9-10,12H2,(H,22,25)/t18-/m1/s1. The zero-order chi connectivity index (χ0) is 17.9. The quantitative estimate of drug-likeness (QED) is 0.702. The average Bonchev–Trinajstić information content (AvgIpc) is 3.34. The smallest absolute Gasteiger partial charge is 0.251 e. The van der Waals surface area contributed by atoms with E-state index in [1.54, 1.807) is 16.8 Å². The maximum Gasteiger partial charge on any atom is 0.251 e. The van der Waals surface area contributed by atoms with E-state index in [9.17, 15) is 4.79 Å². The van der Waals surface area contributed by atoms with Gasteiger partial charge in [0, 0.05) is 17.1 Å². The number of nitrogens with zero attached hydrogens (tertiary/aromatic N) is 2. The van der Waals surface area contributed by atoms with Crippen LogP contribution in [0.2, 0.25) is 5.02 Å². The van der Waals surface area contributed by atoms with Crippen LogP contribution in [-0.4, -0.2) is 35.4 Å². The molecule has 3 aromatic rings. The van der Waals surface area contributed by atoms with Crippen LogP contribution in [0.3, 0.4) is 0 Å². The van der Waals surface area contributed by atoms with Crippen molar-refractivity contribution < 1.29 is 4.79 Å². The SMILES string of the molecule is O=C(NC[C@H](c1ccccc1Cl)N1CCCC1)c1ccc2ncsc2c1. The first-order valence-corrected chi connectivity index (χ1v) is 10.1. The van der Waals surface area contributed by atoms with E-state index in [2.05, 4.69) is 21.3 Å². The molecule has 4 rings (SSSR count). The van der Waals surface area contributed by atoms with Gasteiger partial charge in [-0.25, -0.2) is 4.98 Å². The highest BCUT2D eigenvalue weighted by Gasteiger charge is 2.25. The Hall–Kier alpha value is -1.95. The Morgan fingerprint density at radius 2 is 2.04 bits per heavy atom. The summed E-state index contributed by atoms with van der Waals surface area (Å²) < 4.78 is 1.03. The van der Waals surface area contributed by atoms with Gasteiger partial charge < -0.3 is 5.32 Å². The van der Waals surface area contributed by atoms with Gasteiger partial charge in [0.2, 0.25) is 0 Å². The van der Waals surface area contributed by atoms with Gasteiger partial charge in [0.15, 0.2) is 0 Å². The van der Waals surface area contributed by atoms with E-state index < -0.39 is 0 Å². The van der Waals surface area contributed by atoms with Gasteiger partial charge in [0.1, 0.15) is 0 Å². The number of rotatable bonds is 5. The van der Waals surface area contributed by atoms with Crippen LogP contribution in [0, 0.1) is 0 Å². The van der Waals surface area contributed by atoms with Crippen molar-refractivity contribution in [2.24, 2.45) is 0 Å². The summed E-state index contributed by atoms with van der Waals surface area (Å²) in [5, 5.41) is 3.86. The van der Waals surface area contributed by atoms with Crippen LogP contribution < -0.4 is 5.32 Å². The topological polar surface area (TPSA) is 45.2 Å². The molecule has 6 heteroatoms. The minimum Gasteiger partial charge on any atom is -0.350 e. The highest BCUT2D eigenvalue weighted by Crippen LogP contribution is 2.30. The van der Waals surface area contributed by atoms with Crippen molar-refractivity contribution in [3.8, 4) is 0 Å². The molecule has 2 aromatic carbocycles. The van der Waals surface area contributed by atoms with Gasteiger partial charge in [0.25, 0.3) is 5.91 Å². The lowest BCUT2D eigenvalue weighted by molar-refractivity contribution is 0.0938. The van der Waals surface area contributed by atoms with Gasteiger partial charge in [-0.05, 0) is 55.8 Å². The minimum atomic E-state index is -0.0587. The van der Waals surface area contributed by atoms with Crippen LogP contribution >= 0.6 is 22.9 Å². The van der Waals surface area contributed by atoms with Crippen LogP contribution in [-0.2, 0) is 0 Å². The molecule has 1 N–H and O–H groups in total. The molecule has 0 unspecified atom stereocenters. The number of nitrogens with one attached hydrogen (secondary N) is 1. The summed E-state index contributed by atoms with van der Waals surface area (Å²) in [5.41, 5.74) is 4.47. The number of aromatic nitrogens is 1. The summed E-state index contributed by atoms with van der Waals surface area (Å²) in [5.74, 6) is -0.0587. The highest BCUT2D eigenvalue weighted by molar-refractivity contribution is 7.16. The Balaban J connectivity index is 1.52. The predicted molar refractivity (Wildman–Crippen MR) is 107 cm³/mol. The molecule has 1 aliphatic rings. The molecule has 1 aliphatic heterocycles. The van der Waals surface area contributed by atoms with Crippen molar-refractivity contribution in [1.82, 2.24) is 15.2 Å². The number of likely N-dealkylation sites (tertiary alicyclic amines) is 1. The molecule has 0 bridgehead atoms. The lowest BCUT2D eigenvalue weighted by atomic mass is 10.0. The molecule has 0 aliphatic carbocycles. The number of hydrogen-bond donors (Lipinski definition) is 1. The molecular weight excluding hydrogens is 366 g/mol. The zero-order valence-corrected chi connectivity index (χ0v) is 15.9. The van der Waals surface area contributed by atoms with Crippen molar-refractivity contribution in [2.45, 2.75) is 18.9 Å². The zero-order valence-electron chi connectivity index (χ0n) is 14.3.